The Morgan fingerprint density at radius 1 is 1.09 bits per heavy atom. The number of aromatic nitrogens is 1. The number of carbonyl (C=O) groups excluding carboxylic acids is 1. The van der Waals surface area contributed by atoms with Crippen LogP contribution in [0.4, 0.5) is 26.3 Å². The molecule has 8 nitrogen and oxygen atoms in total. The second-order valence-corrected chi connectivity index (χ2v) is 11.6. The van der Waals surface area contributed by atoms with Crippen molar-refractivity contribution in [3.05, 3.63) is 58.8 Å². The zero-order valence-electron chi connectivity index (χ0n) is 23.8. The number of hydrogen-bond acceptors (Lipinski definition) is 6. The molecule has 2 saturated heterocycles. The van der Waals surface area contributed by atoms with E-state index >= 15 is 0 Å². The molecule has 0 spiro atoms. The number of hydrogen-bond donors (Lipinski definition) is 1. The lowest BCUT2D eigenvalue weighted by atomic mass is 9.73. The fraction of sp³-hybridized carbons (Fsp3) is 0.552. The summed E-state index contributed by atoms with van der Waals surface area (Å²) in [7, 11) is 1.18. The van der Waals surface area contributed by atoms with Gasteiger partial charge in [-0.25, -0.2) is 9.78 Å². The maximum absolute atomic E-state index is 14.3. The molecule has 2 aliphatic heterocycles. The largest absolute Gasteiger partial charge is 0.481 e. The van der Waals surface area contributed by atoms with E-state index in [1.807, 2.05) is 0 Å². The molecule has 2 aliphatic rings. The van der Waals surface area contributed by atoms with Crippen molar-refractivity contribution >= 4 is 11.9 Å². The van der Waals surface area contributed by atoms with Crippen molar-refractivity contribution in [3.8, 4) is 5.88 Å². The van der Waals surface area contributed by atoms with Crippen LogP contribution in [-0.2, 0) is 38.0 Å². The summed E-state index contributed by atoms with van der Waals surface area (Å²) in [5.41, 5.74) is -3.75. The molecule has 1 aromatic heterocycles. The molecule has 0 bridgehead atoms. The summed E-state index contributed by atoms with van der Waals surface area (Å²) in [4.78, 5) is 31.4. The molecule has 43 heavy (non-hydrogen) atoms. The van der Waals surface area contributed by atoms with E-state index in [2.05, 4.69) is 4.98 Å². The number of amides is 1. The Morgan fingerprint density at radius 2 is 1.77 bits per heavy atom. The topological polar surface area (TPSA) is 98.2 Å². The monoisotopic (exact) mass is 618 g/mol. The van der Waals surface area contributed by atoms with Gasteiger partial charge >= 0.3 is 18.3 Å². The van der Waals surface area contributed by atoms with Crippen LogP contribution in [-0.4, -0.2) is 58.8 Å². The van der Waals surface area contributed by atoms with E-state index in [9.17, 15) is 41.0 Å². The standard InChI is InChI=1S/C29H32F6N2O6/c1-27(2,3)20-22(26(39)40)37(25(38)19-10-7-11-42-19)21(17-8-5-6-9-18(17)29(33,34)35)23(20)43-14-15-12-16(28(30,31)32)13-36-24(15)41-4/h5-6,8-9,12-13,19-23H,7,10-11,14H2,1-4H3,(H,39,40)/t19-,20+,21-,22-,23-/m0/s1. The van der Waals surface area contributed by atoms with Gasteiger partial charge in [0.25, 0.3) is 5.91 Å². The van der Waals surface area contributed by atoms with Gasteiger partial charge in [0.2, 0.25) is 5.88 Å². The van der Waals surface area contributed by atoms with Gasteiger partial charge in [-0.1, -0.05) is 39.0 Å². The molecule has 1 aromatic carbocycles. The summed E-state index contributed by atoms with van der Waals surface area (Å²) in [6.07, 6.45) is -10.8. The molecule has 4 rings (SSSR count). The lowest BCUT2D eigenvalue weighted by molar-refractivity contribution is -0.157. The van der Waals surface area contributed by atoms with Crippen molar-refractivity contribution in [1.82, 2.24) is 9.88 Å². The van der Waals surface area contributed by atoms with Crippen LogP contribution in [0.1, 0.15) is 61.9 Å². The summed E-state index contributed by atoms with van der Waals surface area (Å²) in [6, 6.07) is 1.99. The lowest BCUT2D eigenvalue weighted by Crippen LogP contribution is -2.50. The summed E-state index contributed by atoms with van der Waals surface area (Å²) in [6.45, 7) is 4.56. The minimum absolute atomic E-state index is 0.163. The van der Waals surface area contributed by atoms with Crippen molar-refractivity contribution < 1.29 is 55.2 Å². The highest BCUT2D eigenvalue weighted by atomic mass is 19.4. The number of carboxylic acids is 1. The molecule has 1 amide bonds. The van der Waals surface area contributed by atoms with Gasteiger partial charge in [0, 0.05) is 24.3 Å². The minimum atomic E-state index is -4.88. The number of nitrogens with zero attached hydrogens (tertiary/aromatic N) is 2. The number of likely N-dealkylation sites (tertiary alicyclic amines) is 1. The van der Waals surface area contributed by atoms with Crippen LogP contribution >= 0.6 is 0 Å². The van der Waals surface area contributed by atoms with Crippen LogP contribution in [0.3, 0.4) is 0 Å². The normalized spacial score (nSPS) is 24.8. The molecule has 2 fully saturated rings. The van der Waals surface area contributed by atoms with E-state index in [-0.39, 0.29) is 24.5 Å². The van der Waals surface area contributed by atoms with Crippen LogP contribution in [0.15, 0.2) is 36.5 Å². The predicted octanol–water partition coefficient (Wildman–Crippen LogP) is 5.89. The molecule has 0 saturated carbocycles. The Kier molecular flexibility index (Phi) is 9.04. The van der Waals surface area contributed by atoms with E-state index < -0.39 is 83.2 Å². The van der Waals surface area contributed by atoms with Crippen molar-refractivity contribution in [1.29, 1.82) is 0 Å². The average molecular weight is 619 g/mol. The van der Waals surface area contributed by atoms with E-state index in [1.165, 1.54) is 19.2 Å². The molecular formula is C29H32F6N2O6. The van der Waals surface area contributed by atoms with Crippen LogP contribution in [0.5, 0.6) is 5.88 Å². The third kappa shape index (κ3) is 6.59. The Hall–Kier alpha value is -3.39. The smallest absolute Gasteiger partial charge is 0.417 e. The molecule has 0 radical (unpaired) electrons. The fourth-order valence-electron chi connectivity index (χ4n) is 5.99. The van der Waals surface area contributed by atoms with Crippen LogP contribution in [0.25, 0.3) is 0 Å². The number of methoxy groups -OCH3 is 1. The average Bonchev–Trinajstić information content (AvgIpc) is 3.57. The maximum Gasteiger partial charge on any atom is 0.417 e. The first-order valence-electron chi connectivity index (χ1n) is 13.5. The van der Waals surface area contributed by atoms with Gasteiger partial charge in [-0.15, -0.1) is 0 Å². The molecular weight excluding hydrogens is 586 g/mol. The van der Waals surface area contributed by atoms with E-state index in [1.54, 1.807) is 20.8 Å². The summed E-state index contributed by atoms with van der Waals surface area (Å²) in [5.74, 6) is -3.59. The molecule has 3 heterocycles. The number of aliphatic carboxylic acids is 1. The Morgan fingerprint density at radius 3 is 2.30 bits per heavy atom. The molecule has 5 atom stereocenters. The number of carbonyl (C=O) groups is 2. The van der Waals surface area contributed by atoms with Gasteiger partial charge in [-0.3, -0.25) is 4.79 Å². The molecule has 14 heteroatoms. The first-order chi connectivity index (χ1) is 20.0. The van der Waals surface area contributed by atoms with Crippen molar-refractivity contribution in [3.63, 3.8) is 0 Å². The zero-order valence-corrected chi connectivity index (χ0v) is 23.8. The summed E-state index contributed by atoms with van der Waals surface area (Å²) in [5, 5.41) is 10.4. The van der Waals surface area contributed by atoms with Crippen LogP contribution in [0, 0.1) is 11.3 Å². The Bertz CT molecular complexity index is 1340. The van der Waals surface area contributed by atoms with Gasteiger partial charge in [-0.05, 0) is 36.0 Å². The minimum Gasteiger partial charge on any atom is -0.481 e. The lowest BCUT2D eigenvalue weighted by Gasteiger charge is -2.35. The third-order valence-corrected chi connectivity index (χ3v) is 7.78. The van der Waals surface area contributed by atoms with E-state index in [4.69, 9.17) is 14.2 Å². The Labute approximate surface area is 243 Å². The van der Waals surface area contributed by atoms with Gasteiger partial charge in [0.05, 0.1) is 37.0 Å². The predicted molar refractivity (Wildman–Crippen MR) is 139 cm³/mol. The first-order valence-corrected chi connectivity index (χ1v) is 13.5. The first kappa shape index (κ1) is 32.5. The van der Waals surface area contributed by atoms with Crippen molar-refractivity contribution in [2.24, 2.45) is 11.3 Å². The number of benzene rings is 1. The fourth-order valence-corrected chi connectivity index (χ4v) is 5.99. The maximum atomic E-state index is 14.3. The zero-order chi connectivity index (χ0) is 31.9. The van der Waals surface area contributed by atoms with E-state index in [0.29, 0.717) is 12.6 Å². The highest BCUT2D eigenvalue weighted by Crippen LogP contribution is 2.52. The highest BCUT2D eigenvalue weighted by Gasteiger charge is 2.60. The SMILES string of the molecule is COc1ncc(C(F)(F)F)cc1CO[C@H]1[C@H](C(C)(C)C)[C@@H](C(=O)O)N(C(=O)[C@@H]2CCCO2)[C@H]1c1ccccc1C(F)(F)F. The molecule has 236 valence electrons. The number of ether oxygens (including phenoxy) is 3. The summed E-state index contributed by atoms with van der Waals surface area (Å²) < 4.78 is 100. The van der Waals surface area contributed by atoms with Gasteiger partial charge in [0.15, 0.2) is 0 Å². The number of alkyl halides is 6. The second-order valence-electron chi connectivity index (χ2n) is 11.6. The number of halogens is 6. The quantitative estimate of drug-likeness (QED) is 0.387. The Balaban J connectivity index is 1.91. The number of pyridine rings is 1. The van der Waals surface area contributed by atoms with Gasteiger partial charge < -0.3 is 24.2 Å². The second kappa shape index (κ2) is 11.9. The number of carboxylic acid groups (broad SMARTS) is 1. The van der Waals surface area contributed by atoms with E-state index in [0.717, 1.165) is 23.1 Å². The molecule has 1 N–H and O–H groups in total. The molecule has 0 unspecified atom stereocenters. The summed E-state index contributed by atoms with van der Waals surface area (Å²) >= 11 is 0. The third-order valence-electron chi connectivity index (χ3n) is 7.78. The van der Waals surface area contributed by atoms with Crippen LogP contribution in [0.2, 0.25) is 0 Å². The molecule has 2 aromatic rings. The van der Waals surface area contributed by atoms with Gasteiger partial charge in [-0.2, -0.15) is 26.3 Å². The molecule has 0 aliphatic carbocycles. The number of rotatable bonds is 7. The highest BCUT2D eigenvalue weighted by molar-refractivity contribution is 5.88. The van der Waals surface area contributed by atoms with Crippen molar-refractivity contribution in [2.75, 3.05) is 13.7 Å². The van der Waals surface area contributed by atoms with Gasteiger partial charge in [0.1, 0.15) is 12.1 Å². The van der Waals surface area contributed by atoms with Crippen LogP contribution < -0.4 is 4.74 Å². The van der Waals surface area contributed by atoms with Crippen molar-refractivity contribution in [2.45, 2.75) is 76.9 Å².